The minimum atomic E-state index is 0.756. The van der Waals surface area contributed by atoms with E-state index in [2.05, 4.69) is 48.3 Å². The van der Waals surface area contributed by atoms with Crippen LogP contribution in [-0.4, -0.2) is 31.9 Å². The van der Waals surface area contributed by atoms with Crippen molar-refractivity contribution in [2.75, 3.05) is 31.7 Å². The molecule has 0 saturated heterocycles. The van der Waals surface area contributed by atoms with Gasteiger partial charge in [0.05, 0.1) is 0 Å². The van der Waals surface area contributed by atoms with Crippen LogP contribution in [-0.2, 0) is 4.74 Å². The van der Waals surface area contributed by atoms with E-state index in [1.165, 1.54) is 5.56 Å². The minimum absolute atomic E-state index is 0.756. The molecule has 0 aliphatic rings. The van der Waals surface area contributed by atoms with E-state index >= 15 is 0 Å². The van der Waals surface area contributed by atoms with Crippen molar-refractivity contribution in [3.8, 4) is 0 Å². The number of hydrogen-bond acceptors (Lipinski definition) is 2. The summed E-state index contributed by atoms with van der Waals surface area (Å²) < 4.78 is 5.01. The second-order valence-corrected chi connectivity index (χ2v) is 4.54. The van der Waals surface area contributed by atoms with Gasteiger partial charge in [-0.25, -0.2) is 0 Å². The van der Waals surface area contributed by atoms with Crippen molar-refractivity contribution in [1.82, 2.24) is 5.32 Å². The molecular weight excluding hydrogens is 244 g/mol. The maximum Gasteiger partial charge on any atom is 0.173 e. The van der Waals surface area contributed by atoms with Crippen molar-refractivity contribution in [3.05, 3.63) is 29.8 Å². The molecule has 0 bridgehead atoms. The van der Waals surface area contributed by atoms with E-state index in [0.29, 0.717) is 0 Å². The van der Waals surface area contributed by atoms with Crippen molar-refractivity contribution in [2.45, 2.75) is 20.3 Å². The SMILES string of the molecule is CCN(C(=S)NCCCOC)c1ccc(C)cc1. The zero-order chi connectivity index (χ0) is 13.4. The third-order valence-corrected chi connectivity index (χ3v) is 3.07. The Balaban J connectivity index is 2.54. The Kier molecular flexibility index (Phi) is 6.68. The molecule has 0 radical (unpaired) electrons. The van der Waals surface area contributed by atoms with Crippen LogP contribution < -0.4 is 10.2 Å². The molecule has 1 aromatic carbocycles. The topological polar surface area (TPSA) is 24.5 Å². The highest BCUT2D eigenvalue weighted by Crippen LogP contribution is 2.14. The van der Waals surface area contributed by atoms with Gasteiger partial charge in [0.2, 0.25) is 0 Å². The van der Waals surface area contributed by atoms with Crippen LogP contribution in [0.3, 0.4) is 0 Å². The normalized spacial score (nSPS) is 10.2. The number of hydrogen-bond donors (Lipinski definition) is 1. The van der Waals surface area contributed by atoms with Gasteiger partial charge < -0.3 is 15.0 Å². The molecular formula is C14H22N2OS. The van der Waals surface area contributed by atoms with Gasteiger partial charge in [0.25, 0.3) is 0 Å². The van der Waals surface area contributed by atoms with Crippen LogP contribution in [0.15, 0.2) is 24.3 Å². The Bertz CT molecular complexity index is 365. The molecule has 18 heavy (non-hydrogen) atoms. The summed E-state index contributed by atoms with van der Waals surface area (Å²) in [7, 11) is 1.71. The number of aryl methyl sites for hydroxylation is 1. The van der Waals surface area contributed by atoms with Gasteiger partial charge in [-0.3, -0.25) is 0 Å². The summed E-state index contributed by atoms with van der Waals surface area (Å²) in [6, 6.07) is 8.40. The van der Waals surface area contributed by atoms with Crippen LogP contribution in [0, 0.1) is 6.92 Å². The highest BCUT2D eigenvalue weighted by Gasteiger charge is 2.08. The van der Waals surface area contributed by atoms with Crippen LogP contribution in [0.5, 0.6) is 0 Å². The average Bonchev–Trinajstić information content (AvgIpc) is 2.38. The third kappa shape index (κ3) is 4.63. The number of thiocarbonyl (C=S) groups is 1. The molecule has 0 heterocycles. The predicted molar refractivity (Wildman–Crippen MR) is 81.3 cm³/mol. The van der Waals surface area contributed by atoms with Gasteiger partial charge in [0, 0.05) is 32.5 Å². The van der Waals surface area contributed by atoms with Crippen molar-refractivity contribution >= 4 is 23.0 Å². The molecule has 0 amide bonds. The van der Waals surface area contributed by atoms with E-state index in [0.717, 1.165) is 36.9 Å². The zero-order valence-corrected chi connectivity index (χ0v) is 12.2. The highest BCUT2D eigenvalue weighted by atomic mass is 32.1. The fourth-order valence-electron chi connectivity index (χ4n) is 1.68. The first-order chi connectivity index (χ1) is 8.69. The van der Waals surface area contributed by atoms with Crippen molar-refractivity contribution in [1.29, 1.82) is 0 Å². The van der Waals surface area contributed by atoms with Gasteiger partial charge in [0.1, 0.15) is 0 Å². The summed E-state index contributed by atoms with van der Waals surface area (Å²) >= 11 is 5.41. The first-order valence-corrected chi connectivity index (χ1v) is 6.70. The van der Waals surface area contributed by atoms with E-state index in [-0.39, 0.29) is 0 Å². The average molecular weight is 266 g/mol. The molecule has 3 nitrogen and oxygen atoms in total. The standard InChI is InChI=1S/C14H22N2OS/c1-4-16(13-8-6-12(2)7-9-13)14(18)15-10-5-11-17-3/h6-9H,4-5,10-11H2,1-3H3,(H,15,18). The molecule has 0 saturated carbocycles. The number of benzene rings is 1. The maximum absolute atomic E-state index is 5.41. The molecule has 1 aromatic rings. The van der Waals surface area contributed by atoms with Crippen LogP contribution in [0.1, 0.15) is 18.9 Å². The van der Waals surface area contributed by atoms with E-state index < -0.39 is 0 Å². The number of nitrogens with one attached hydrogen (secondary N) is 1. The quantitative estimate of drug-likeness (QED) is 0.632. The number of methoxy groups -OCH3 is 1. The molecule has 0 aromatic heterocycles. The summed E-state index contributed by atoms with van der Waals surface area (Å²) in [5.41, 5.74) is 2.39. The lowest BCUT2D eigenvalue weighted by molar-refractivity contribution is 0.195. The van der Waals surface area contributed by atoms with E-state index in [9.17, 15) is 0 Å². The van der Waals surface area contributed by atoms with Crippen LogP contribution in [0.25, 0.3) is 0 Å². The molecule has 4 heteroatoms. The summed E-state index contributed by atoms with van der Waals surface area (Å²) in [5.74, 6) is 0. The summed E-state index contributed by atoms with van der Waals surface area (Å²) in [6.07, 6.45) is 0.960. The molecule has 0 spiro atoms. The third-order valence-electron chi connectivity index (χ3n) is 2.71. The van der Waals surface area contributed by atoms with Crippen LogP contribution in [0.4, 0.5) is 5.69 Å². The largest absolute Gasteiger partial charge is 0.385 e. The molecule has 0 atom stereocenters. The lowest BCUT2D eigenvalue weighted by Crippen LogP contribution is -2.40. The smallest absolute Gasteiger partial charge is 0.173 e. The van der Waals surface area contributed by atoms with Gasteiger partial charge in [-0.15, -0.1) is 0 Å². The molecule has 0 fully saturated rings. The Morgan fingerprint density at radius 1 is 1.33 bits per heavy atom. The lowest BCUT2D eigenvalue weighted by Gasteiger charge is -2.24. The monoisotopic (exact) mass is 266 g/mol. The number of ether oxygens (including phenoxy) is 1. The molecule has 1 rings (SSSR count). The fourth-order valence-corrected chi connectivity index (χ4v) is 2.01. The zero-order valence-electron chi connectivity index (χ0n) is 11.4. The summed E-state index contributed by atoms with van der Waals surface area (Å²) in [5, 5.41) is 4.03. The van der Waals surface area contributed by atoms with Crippen molar-refractivity contribution in [3.63, 3.8) is 0 Å². The number of anilines is 1. The van der Waals surface area contributed by atoms with Gasteiger partial charge in [-0.2, -0.15) is 0 Å². The van der Waals surface area contributed by atoms with Crippen LogP contribution in [0.2, 0.25) is 0 Å². The molecule has 1 N–H and O–H groups in total. The van der Waals surface area contributed by atoms with E-state index in [4.69, 9.17) is 17.0 Å². The first kappa shape index (κ1) is 14.9. The van der Waals surface area contributed by atoms with E-state index in [1.54, 1.807) is 7.11 Å². The molecule has 0 aliphatic carbocycles. The molecule has 100 valence electrons. The second-order valence-electron chi connectivity index (χ2n) is 4.16. The molecule has 0 aliphatic heterocycles. The van der Waals surface area contributed by atoms with Gasteiger partial charge in [-0.05, 0) is 44.6 Å². The van der Waals surface area contributed by atoms with Crippen LogP contribution >= 0.6 is 12.2 Å². The van der Waals surface area contributed by atoms with Gasteiger partial charge in [0.15, 0.2) is 5.11 Å². The number of nitrogens with zero attached hydrogens (tertiary/aromatic N) is 1. The van der Waals surface area contributed by atoms with Crippen molar-refractivity contribution < 1.29 is 4.74 Å². The second kappa shape index (κ2) is 8.06. The van der Waals surface area contributed by atoms with Gasteiger partial charge >= 0.3 is 0 Å². The Morgan fingerprint density at radius 3 is 2.56 bits per heavy atom. The van der Waals surface area contributed by atoms with Gasteiger partial charge in [-0.1, -0.05) is 17.7 Å². The Labute approximate surface area is 115 Å². The minimum Gasteiger partial charge on any atom is -0.385 e. The lowest BCUT2D eigenvalue weighted by atomic mass is 10.2. The highest BCUT2D eigenvalue weighted by molar-refractivity contribution is 7.80. The number of rotatable bonds is 6. The van der Waals surface area contributed by atoms with E-state index in [1.807, 2.05) is 0 Å². The van der Waals surface area contributed by atoms with Crippen molar-refractivity contribution in [2.24, 2.45) is 0 Å². The maximum atomic E-state index is 5.41. The fraction of sp³-hybridized carbons (Fsp3) is 0.500. The summed E-state index contributed by atoms with van der Waals surface area (Å²) in [4.78, 5) is 2.10. The molecule has 0 unspecified atom stereocenters. The Morgan fingerprint density at radius 2 is 2.00 bits per heavy atom. The first-order valence-electron chi connectivity index (χ1n) is 6.30. The summed E-state index contributed by atoms with van der Waals surface area (Å²) in [6.45, 7) is 6.64. The Hall–Kier alpha value is -1.13. The predicted octanol–water partition coefficient (Wildman–Crippen LogP) is 2.73.